The number of amides is 1. The maximum absolute atomic E-state index is 13.9. The van der Waals surface area contributed by atoms with Crippen LogP contribution in [0.15, 0.2) is 41.3 Å². The smallest absolute Gasteiger partial charge is 0.227 e. The number of thiazole rings is 1. The summed E-state index contributed by atoms with van der Waals surface area (Å²) >= 11 is 1.23. The van der Waals surface area contributed by atoms with Gasteiger partial charge in [-0.05, 0) is 37.6 Å². The fraction of sp³-hybridized carbons (Fsp3) is 0.364. The van der Waals surface area contributed by atoms with Crippen molar-refractivity contribution in [1.29, 1.82) is 0 Å². The predicted octanol–water partition coefficient (Wildman–Crippen LogP) is 3.65. The molecule has 1 amide bonds. The standard InChI is InChI=1S/C22H23F2N3O3S2/c1-14(2)32(29,30)17-5-3-15(4-6-17)11-20(28)26-7-9-27(10-8-26)22-25-21-18(24)12-16(23)13-19(21)31-22/h3-6,12-14H,7-11H2,1-2H3. The van der Waals surface area contributed by atoms with Gasteiger partial charge >= 0.3 is 0 Å². The van der Waals surface area contributed by atoms with Crippen molar-refractivity contribution in [3.63, 3.8) is 0 Å². The molecule has 1 aliphatic rings. The first-order valence-corrected chi connectivity index (χ1v) is 12.6. The van der Waals surface area contributed by atoms with Gasteiger partial charge in [-0.15, -0.1) is 0 Å². The van der Waals surface area contributed by atoms with Gasteiger partial charge < -0.3 is 9.80 Å². The number of piperazine rings is 1. The summed E-state index contributed by atoms with van der Waals surface area (Å²) in [6.07, 6.45) is 0.188. The summed E-state index contributed by atoms with van der Waals surface area (Å²) in [4.78, 5) is 21.0. The number of hydrogen-bond acceptors (Lipinski definition) is 6. The molecule has 2 aromatic carbocycles. The summed E-state index contributed by atoms with van der Waals surface area (Å²) in [6, 6.07) is 8.55. The van der Waals surface area contributed by atoms with Gasteiger partial charge in [-0.3, -0.25) is 4.79 Å². The number of anilines is 1. The van der Waals surface area contributed by atoms with Gasteiger partial charge in [-0.25, -0.2) is 22.2 Å². The Labute approximate surface area is 189 Å². The van der Waals surface area contributed by atoms with E-state index < -0.39 is 26.7 Å². The van der Waals surface area contributed by atoms with Crippen LogP contribution in [0.3, 0.4) is 0 Å². The van der Waals surface area contributed by atoms with Gasteiger partial charge in [0, 0.05) is 32.2 Å². The van der Waals surface area contributed by atoms with Crippen LogP contribution in [-0.4, -0.2) is 55.6 Å². The molecule has 0 spiro atoms. The van der Waals surface area contributed by atoms with E-state index in [1.807, 2.05) is 4.90 Å². The fourth-order valence-electron chi connectivity index (χ4n) is 3.58. The molecular weight excluding hydrogens is 456 g/mol. The predicted molar refractivity (Wildman–Crippen MR) is 121 cm³/mol. The maximum atomic E-state index is 13.9. The Kier molecular flexibility index (Phi) is 6.17. The van der Waals surface area contributed by atoms with Gasteiger partial charge in [-0.2, -0.15) is 0 Å². The summed E-state index contributed by atoms with van der Waals surface area (Å²) < 4.78 is 52.3. The Hall–Kier alpha value is -2.59. The molecule has 1 fully saturated rings. The van der Waals surface area contributed by atoms with Gasteiger partial charge in [0.1, 0.15) is 11.3 Å². The van der Waals surface area contributed by atoms with Gasteiger partial charge in [0.05, 0.1) is 21.3 Å². The van der Waals surface area contributed by atoms with Crippen LogP contribution in [0.4, 0.5) is 13.9 Å². The molecule has 0 unspecified atom stereocenters. The first-order valence-electron chi connectivity index (χ1n) is 10.3. The van der Waals surface area contributed by atoms with Crippen LogP contribution in [0.5, 0.6) is 0 Å². The first-order chi connectivity index (χ1) is 15.1. The number of benzene rings is 2. The minimum atomic E-state index is -3.34. The summed E-state index contributed by atoms with van der Waals surface area (Å²) in [5.74, 6) is -1.35. The third-order valence-corrected chi connectivity index (χ3v) is 8.77. The highest BCUT2D eigenvalue weighted by atomic mass is 32.2. The van der Waals surface area contributed by atoms with Crippen LogP contribution < -0.4 is 4.90 Å². The van der Waals surface area contributed by atoms with E-state index in [0.29, 0.717) is 36.0 Å². The monoisotopic (exact) mass is 479 g/mol. The summed E-state index contributed by atoms with van der Waals surface area (Å²) in [5, 5.41) is 0.107. The van der Waals surface area contributed by atoms with Crippen LogP contribution in [0.1, 0.15) is 19.4 Å². The third kappa shape index (κ3) is 4.47. The zero-order valence-corrected chi connectivity index (χ0v) is 19.3. The quantitative estimate of drug-likeness (QED) is 0.559. The lowest BCUT2D eigenvalue weighted by Crippen LogP contribution is -2.49. The minimum Gasteiger partial charge on any atom is -0.345 e. The molecular formula is C22H23F2N3O3S2. The van der Waals surface area contributed by atoms with Crippen molar-refractivity contribution in [3.05, 3.63) is 53.6 Å². The molecule has 3 aromatic rings. The molecule has 1 saturated heterocycles. The molecule has 6 nitrogen and oxygen atoms in total. The highest BCUT2D eigenvalue weighted by Gasteiger charge is 2.24. The van der Waals surface area contributed by atoms with Crippen LogP contribution in [0.25, 0.3) is 10.2 Å². The van der Waals surface area contributed by atoms with Gasteiger partial charge in [0.2, 0.25) is 5.91 Å². The highest BCUT2D eigenvalue weighted by molar-refractivity contribution is 7.92. The van der Waals surface area contributed by atoms with Gasteiger partial charge in [0.25, 0.3) is 0 Å². The van der Waals surface area contributed by atoms with Crippen molar-refractivity contribution >= 4 is 42.4 Å². The molecule has 170 valence electrons. The average molecular weight is 480 g/mol. The molecule has 4 rings (SSSR count). The van der Waals surface area contributed by atoms with Gasteiger partial charge in [-0.1, -0.05) is 23.5 Å². The number of aromatic nitrogens is 1. The second-order valence-electron chi connectivity index (χ2n) is 8.01. The zero-order chi connectivity index (χ0) is 23.0. The van der Waals surface area contributed by atoms with E-state index >= 15 is 0 Å². The van der Waals surface area contributed by atoms with Crippen molar-refractivity contribution in [1.82, 2.24) is 9.88 Å². The van der Waals surface area contributed by atoms with Crippen molar-refractivity contribution in [2.45, 2.75) is 30.4 Å². The van der Waals surface area contributed by atoms with E-state index in [9.17, 15) is 22.0 Å². The third-order valence-electron chi connectivity index (χ3n) is 5.53. The molecule has 2 heterocycles. The van der Waals surface area contributed by atoms with Crippen molar-refractivity contribution in [2.75, 3.05) is 31.1 Å². The Morgan fingerprint density at radius 3 is 2.38 bits per heavy atom. The number of hydrogen-bond donors (Lipinski definition) is 0. The zero-order valence-electron chi connectivity index (χ0n) is 17.7. The molecule has 0 atom stereocenters. The summed E-state index contributed by atoms with van der Waals surface area (Å²) in [5.41, 5.74) is 0.914. The Bertz CT molecular complexity index is 1250. The Balaban J connectivity index is 1.37. The number of nitrogens with zero attached hydrogens (tertiary/aromatic N) is 3. The number of sulfone groups is 1. The van der Waals surface area contributed by atoms with Crippen LogP contribution >= 0.6 is 11.3 Å². The van der Waals surface area contributed by atoms with Crippen LogP contribution in [0, 0.1) is 11.6 Å². The second kappa shape index (κ2) is 8.74. The number of halogens is 2. The molecule has 32 heavy (non-hydrogen) atoms. The lowest BCUT2D eigenvalue weighted by Gasteiger charge is -2.34. The van der Waals surface area contributed by atoms with Crippen molar-refractivity contribution in [3.8, 4) is 0 Å². The molecule has 1 aromatic heterocycles. The van der Waals surface area contributed by atoms with Crippen LogP contribution in [-0.2, 0) is 21.1 Å². The number of fused-ring (bicyclic) bond motifs is 1. The summed E-state index contributed by atoms with van der Waals surface area (Å²) in [7, 11) is -3.34. The SMILES string of the molecule is CC(C)S(=O)(=O)c1ccc(CC(=O)N2CCN(c3nc4c(F)cc(F)cc4s3)CC2)cc1. The number of rotatable bonds is 5. The Morgan fingerprint density at radius 1 is 1.09 bits per heavy atom. The van der Waals surface area contributed by atoms with E-state index in [1.165, 1.54) is 17.4 Å². The largest absolute Gasteiger partial charge is 0.345 e. The second-order valence-corrected chi connectivity index (χ2v) is 11.5. The first kappa shape index (κ1) is 22.6. The average Bonchev–Trinajstić information content (AvgIpc) is 3.18. The molecule has 0 radical (unpaired) electrons. The molecule has 1 aliphatic heterocycles. The van der Waals surface area contributed by atoms with E-state index in [2.05, 4.69) is 4.98 Å². The Morgan fingerprint density at radius 2 is 1.75 bits per heavy atom. The van der Waals surface area contributed by atoms with E-state index in [-0.39, 0.29) is 22.7 Å². The van der Waals surface area contributed by atoms with E-state index in [0.717, 1.165) is 11.6 Å². The molecule has 0 bridgehead atoms. The molecule has 0 saturated carbocycles. The van der Waals surface area contributed by atoms with Crippen LogP contribution in [0.2, 0.25) is 0 Å². The topological polar surface area (TPSA) is 70.6 Å². The maximum Gasteiger partial charge on any atom is 0.227 e. The number of carbonyl (C=O) groups is 1. The molecule has 0 N–H and O–H groups in total. The van der Waals surface area contributed by atoms with E-state index in [4.69, 9.17) is 0 Å². The highest BCUT2D eigenvalue weighted by Crippen LogP contribution is 2.31. The normalized spacial score (nSPS) is 15.0. The van der Waals surface area contributed by atoms with E-state index in [1.54, 1.807) is 43.0 Å². The minimum absolute atomic E-state index is 0.0402. The fourth-order valence-corrected chi connectivity index (χ4v) is 5.70. The lowest BCUT2D eigenvalue weighted by molar-refractivity contribution is -0.130. The molecule has 0 aliphatic carbocycles. The van der Waals surface area contributed by atoms with Crippen molar-refractivity contribution in [2.24, 2.45) is 0 Å². The van der Waals surface area contributed by atoms with Crippen molar-refractivity contribution < 1.29 is 22.0 Å². The van der Waals surface area contributed by atoms with Gasteiger partial charge in [0.15, 0.2) is 20.8 Å². The molecule has 10 heteroatoms. The lowest BCUT2D eigenvalue weighted by atomic mass is 10.1. The number of carbonyl (C=O) groups excluding carboxylic acids is 1. The summed E-state index contributed by atoms with van der Waals surface area (Å²) in [6.45, 7) is 5.34.